The van der Waals surface area contributed by atoms with Crippen molar-refractivity contribution in [1.29, 1.82) is 0 Å². The molecule has 0 aliphatic rings. The van der Waals surface area contributed by atoms with Crippen LogP contribution in [0.1, 0.15) is 115 Å². The highest BCUT2D eigenvalue weighted by atomic mass is 32.1. The molecule has 0 aliphatic heterocycles. The van der Waals surface area contributed by atoms with Crippen LogP contribution >= 0.6 is 22.7 Å². The highest BCUT2D eigenvalue weighted by Crippen LogP contribution is 2.47. The van der Waals surface area contributed by atoms with Crippen molar-refractivity contribution in [3.63, 3.8) is 0 Å². The maximum Gasteiger partial charge on any atom is 0.0387 e. The summed E-state index contributed by atoms with van der Waals surface area (Å²) in [5.41, 5.74) is 3.34. The molecular weight excluding hydrogens is 376 g/mol. The molecule has 0 N–H and O–H groups in total. The Bertz CT molecular complexity index is 802. The zero-order valence-electron chi connectivity index (χ0n) is 18.4. The van der Waals surface area contributed by atoms with E-state index >= 15 is 0 Å². The van der Waals surface area contributed by atoms with E-state index < -0.39 is 0 Å². The fraction of sp³-hybridized carbons (Fsp3) is 0.615. The molecule has 2 atom stereocenters. The highest BCUT2D eigenvalue weighted by molar-refractivity contribution is 7.19. The Labute approximate surface area is 180 Å². The van der Waals surface area contributed by atoms with Crippen molar-refractivity contribution < 1.29 is 0 Å². The Morgan fingerprint density at radius 2 is 1.14 bits per heavy atom. The zero-order chi connectivity index (χ0) is 19.9. The Kier molecular flexibility index (Phi) is 8.41. The highest BCUT2D eigenvalue weighted by Gasteiger charge is 2.24. The molecule has 0 aliphatic carbocycles. The number of fused-ring (bicyclic) bond motifs is 2. The molecule has 2 heterocycles. The predicted octanol–water partition coefficient (Wildman–Crippen LogP) is 10.3. The van der Waals surface area contributed by atoms with Crippen molar-refractivity contribution in [2.24, 2.45) is 0 Å². The Morgan fingerprint density at radius 3 is 1.61 bits per heavy atom. The van der Waals surface area contributed by atoms with E-state index in [4.69, 9.17) is 0 Å². The van der Waals surface area contributed by atoms with E-state index in [9.17, 15) is 0 Å². The third-order valence-electron chi connectivity index (χ3n) is 6.51. The minimum absolute atomic E-state index is 0.705. The number of thiophene rings is 2. The number of benzene rings is 1. The van der Waals surface area contributed by atoms with Gasteiger partial charge >= 0.3 is 0 Å². The first-order valence-electron chi connectivity index (χ1n) is 11.7. The summed E-state index contributed by atoms with van der Waals surface area (Å²) in [6, 6.07) is 4.86. The lowest BCUT2D eigenvalue weighted by Gasteiger charge is -2.23. The van der Waals surface area contributed by atoms with E-state index in [1.54, 1.807) is 31.3 Å². The minimum Gasteiger partial charge on any atom is -0.143 e. The molecule has 0 nitrogen and oxygen atoms in total. The predicted molar refractivity (Wildman–Crippen MR) is 132 cm³/mol. The number of hydrogen-bond donors (Lipinski definition) is 0. The molecule has 0 saturated carbocycles. The molecule has 0 saturated heterocycles. The lowest BCUT2D eigenvalue weighted by molar-refractivity contribution is 0.547. The van der Waals surface area contributed by atoms with Crippen molar-refractivity contribution in [3.05, 3.63) is 34.0 Å². The Balaban J connectivity index is 2.08. The second-order valence-electron chi connectivity index (χ2n) is 8.36. The van der Waals surface area contributed by atoms with Gasteiger partial charge in [-0.25, -0.2) is 0 Å². The van der Waals surface area contributed by atoms with Gasteiger partial charge in [-0.1, -0.05) is 66.2 Å². The molecule has 3 rings (SSSR count). The molecule has 3 aromatic rings. The summed E-state index contributed by atoms with van der Waals surface area (Å²) in [4.78, 5) is 0. The molecule has 0 amide bonds. The summed E-state index contributed by atoms with van der Waals surface area (Å²) in [7, 11) is 0. The average molecular weight is 415 g/mol. The first-order valence-corrected chi connectivity index (χ1v) is 13.4. The summed E-state index contributed by atoms with van der Waals surface area (Å²) >= 11 is 3.98. The molecule has 28 heavy (non-hydrogen) atoms. The van der Waals surface area contributed by atoms with E-state index in [2.05, 4.69) is 50.6 Å². The van der Waals surface area contributed by atoms with Crippen LogP contribution in [0.2, 0.25) is 0 Å². The zero-order valence-corrected chi connectivity index (χ0v) is 20.0. The Hall–Kier alpha value is -0.860. The molecule has 2 heteroatoms. The molecule has 0 radical (unpaired) electrons. The lowest BCUT2D eigenvalue weighted by Crippen LogP contribution is -2.03. The summed E-state index contributed by atoms with van der Waals surface area (Å²) < 4.78 is 3.19. The van der Waals surface area contributed by atoms with Crippen molar-refractivity contribution in [3.8, 4) is 0 Å². The molecule has 0 fully saturated rings. The fourth-order valence-corrected chi connectivity index (χ4v) is 6.99. The van der Waals surface area contributed by atoms with Crippen molar-refractivity contribution >= 4 is 42.8 Å². The smallest absolute Gasteiger partial charge is 0.0387 e. The quantitative estimate of drug-likeness (QED) is 0.258. The van der Waals surface area contributed by atoms with Crippen LogP contribution in [0.15, 0.2) is 22.9 Å². The topological polar surface area (TPSA) is 0 Å². The maximum atomic E-state index is 2.43. The van der Waals surface area contributed by atoms with Gasteiger partial charge in [-0.3, -0.25) is 0 Å². The molecule has 1 aromatic carbocycles. The third kappa shape index (κ3) is 4.49. The largest absolute Gasteiger partial charge is 0.143 e. The summed E-state index contributed by atoms with van der Waals surface area (Å²) in [6.45, 7) is 9.41. The van der Waals surface area contributed by atoms with E-state index in [1.807, 2.05) is 22.7 Å². The molecule has 2 unspecified atom stereocenters. The van der Waals surface area contributed by atoms with Crippen molar-refractivity contribution in [1.82, 2.24) is 0 Å². The molecule has 154 valence electrons. The second kappa shape index (κ2) is 10.8. The normalized spacial score (nSPS) is 14.1. The Morgan fingerprint density at radius 1 is 0.643 bits per heavy atom. The van der Waals surface area contributed by atoms with Gasteiger partial charge in [0.1, 0.15) is 0 Å². The van der Waals surface area contributed by atoms with Crippen LogP contribution in [-0.2, 0) is 0 Å². The summed E-state index contributed by atoms with van der Waals surface area (Å²) in [5.74, 6) is 1.41. The minimum atomic E-state index is 0.705. The first kappa shape index (κ1) is 21.8. The van der Waals surface area contributed by atoms with Gasteiger partial charge in [-0.05, 0) is 82.3 Å². The monoisotopic (exact) mass is 414 g/mol. The summed E-state index contributed by atoms with van der Waals surface area (Å²) in [5, 5.41) is 7.84. The number of unbranched alkanes of at least 4 members (excludes halogenated alkanes) is 4. The van der Waals surface area contributed by atoms with Crippen LogP contribution in [0.25, 0.3) is 20.2 Å². The van der Waals surface area contributed by atoms with Crippen LogP contribution in [0.3, 0.4) is 0 Å². The molecular formula is C26H38S2. The average Bonchev–Trinajstić information content (AvgIpc) is 3.38. The second-order valence-corrected chi connectivity index (χ2v) is 10.2. The van der Waals surface area contributed by atoms with Gasteiger partial charge in [0.05, 0.1) is 0 Å². The van der Waals surface area contributed by atoms with Crippen molar-refractivity contribution in [2.45, 2.75) is 104 Å². The third-order valence-corrected chi connectivity index (χ3v) is 8.41. The number of hydrogen-bond acceptors (Lipinski definition) is 2. The van der Waals surface area contributed by atoms with Gasteiger partial charge < -0.3 is 0 Å². The van der Waals surface area contributed by atoms with Gasteiger partial charge in [0.25, 0.3) is 0 Å². The molecule has 0 spiro atoms. The van der Waals surface area contributed by atoms with Crippen LogP contribution < -0.4 is 0 Å². The van der Waals surface area contributed by atoms with Gasteiger partial charge in [0.15, 0.2) is 0 Å². The van der Waals surface area contributed by atoms with Gasteiger partial charge in [-0.15, -0.1) is 22.7 Å². The van der Waals surface area contributed by atoms with Gasteiger partial charge in [0.2, 0.25) is 0 Å². The maximum absolute atomic E-state index is 2.43. The van der Waals surface area contributed by atoms with Gasteiger partial charge in [0, 0.05) is 9.40 Å². The van der Waals surface area contributed by atoms with Gasteiger partial charge in [-0.2, -0.15) is 0 Å². The SMILES string of the molecule is CCCCCCC(CC)c1c2ccsc2c(C(CC)CCCC)c2ccsc12. The van der Waals surface area contributed by atoms with E-state index in [0.717, 1.165) is 0 Å². The number of rotatable bonds is 12. The van der Waals surface area contributed by atoms with Crippen LogP contribution in [0.4, 0.5) is 0 Å². The van der Waals surface area contributed by atoms with Crippen molar-refractivity contribution in [2.75, 3.05) is 0 Å². The lowest BCUT2D eigenvalue weighted by atomic mass is 9.83. The van der Waals surface area contributed by atoms with E-state index in [0.29, 0.717) is 11.8 Å². The summed E-state index contributed by atoms with van der Waals surface area (Å²) in [6.07, 6.45) is 13.3. The fourth-order valence-electron chi connectivity index (χ4n) is 4.89. The van der Waals surface area contributed by atoms with Crippen LogP contribution in [-0.4, -0.2) is 0 Å². The van der Waals surface area contributed by atoms with Crippen LogP contribution in [0.5, 0.6) is 0 Å². The molecule has 2 aromatic heterocycles. The molecule has 0 bridgehead atoms. The standard InChI is InChI=1S/C26H38S2/c1-5-9-11-12-14-20(8-4)24-22-16-18-27-25(22)23(19(7-3)13-10-6-2)21-15-17-28-26(21)24/h15-20H,5-14H2,1-4H3. The van der Waals surface area contributed by atoms with E-state index in [-0.39, 0.29) is 0 Å². The van der Waals surface area contributed by atoms with Crippen LogP contribution in [0, 0.1) is 0 Å². The van der Waals surface area contributed by atoms with E-state index in [1.165, 1.54) is 64.2 Å². The first-order chi connectivity index (χ1) is 13.8.